The van der Waals surface area contributed by atoms with Crippen LogP contribution in [0, 0.1) is 11.2 Å². The number of amidine groups is 1. The Kier molecular flexibility index (Phi) is 8.84. The number of anilines is 1. The second-order valence-corrected chi connectivity index (χ2v) is 8.96. The van der Waals surface area contributed by atoms with E-state index in [9.17, 15) is 4.79 Å². The van der Waals surface area contributed by atoms with E-state index in [1.165, 1.54) is 14.2 Å². The predicted octanol–water partition coefficient (Wildman–Crippen LogP) is 4.41. The smallest absolute Gasteiger partial charge is 0.197 e. The number of hydrogen-bond donors (Lipinski definition) is 1. The minimum Gasteiger partial charge on any atom is -0.494 e. The third-order valence-electron chi connectivity index (χ3n) is 6.54. The van der Waals surface area contributed by atoms with E-state index in [1.807, 2.05) is 12.1 Å². The fraction of sp³-hybridized carbons (Fsp3) is 0.462. The molecular formula is C26H33BrFN3O5. The minimum absolute atomic E-state index is 0. The van der Waals surface area contributed by atoms with Crippen LogP contribution in [-0.2, 0) is 11.3 Å². The Morgan fingerprint density at radius 1 is 1.08 bits per heavy atom. The number of fused-ring (bicyclic) bond motifs is 1. The Balaban J connectivity index is 0.00000361. The van der Waals surface area contributed by atoms with Gasteiger partial charge in [-0.15, -0.1) is 17.0 Å². The van der Waals surface area contributed by atoms with E-state index in [-0.39, 0.29) is 64.7 Å². The molecule has 0 unspecified atom stereocenters. The number of nitrogens with zero attached hydrogens (tertiary/aromatic N) is 2. The first-order chi connectivity index (χ1) is 16.8. The molecule has 0 atom stereocenters. The highest BCUT2D eigenvalue weighted by molar-refractivity contribution is 8.93. The van der Waals surface area contributed by atoms with Gasteiger partial charge in [0.15, 0.2) is 23.1 Å². The van der Waals surface area contributed by atoms with Crippen LogP contribution in [0.1, 0.15) is 46.8 Å². The average molecular weight is 566 g/mol. The largest absolute Gasteiger partial charge is 0.494 e. The number of nitrogens with one attached hydrogen (secondary N) is 1. The number of ketones is 1. The van der Waals surface area contributed by atoms with Gasteiger partial charge in [0.05, 0.1) is 52.3 Å². The maximum atomic E-state index is 15.1. The summed E-state index contributed by atoms with van der Waals surface area (Å²) in [7, 11) is 4.44. The first kappa shape index (κ1) is 27.7. The normalized spacial score (nSPS) is 15.0. The number of morpholine rings is 1. The standard InChI is InChI=1S/C26H32FN3O5.BrH/c1-15(2)18-10-16(11-19(24(18)33-4)29-6-8-35-9-7-29)20(31)14-30-13-17-12-21(32-3)25(34-5)23(27)22(17)26(30)28;/h10-12,15,28H,6-9,13-14H2,1-5H3;1H. The number of benzene rings is 2. The van der Waals surface area contributed by atoms with Crippen molar-refractivity contribution >= 4 is 34.3 Å². The summed E-state index contributed by atoms with van der Waals surface area (Å²) in [6.45, 7) is 6.95. The van der Waals surface area contributed by atoms with Crippen LogP contribution in [0.4, 0.5) is 10.1 Å². The molecule has 0 amide bonds. The number of carbonyl (C=O) groups excluding carboxylic acids is 1. The second-order valence-electron chi connectivity index (χ2n) is 8.96. The van der Waals surface area contributed by atoms with Crippen LogP contribution in [0.5, 0.6) is 17.2 Å². The molecule has 0 bridgehead atoms. The second kappa shape index (κ2) is 11.5. The van der Waals surface area contributed by atoms with E-state index < -0.39 is 5.82 Å². The molecule has 1 saturated heterocycles. The first-order valence-corrected chi connectivity index (χ1v) is 11.7. The number of methoxy groups -OCH3 is 3. The Morgan fingerprint density at radius 3 is 2.33 bits per heavy atom. The number of rotatable bonds is 8. The highest BCUT2D eigenvalue weighted by Crippen LogP contribution is 2.40. The zero-order valence-electron chi connectivity index (χ0n) is 21.3. The average Bonchev–Trinajstić information content (AvgIpc) is 3.18. The van der Waals surface area contributed by atoms with E-state index in [2.05, 4.69) is 18.7 Å². The molecule has 1 N–H and O–H groups in total. The molecule has 0 aromatic heterocycles. The maximum absolute atomic E-state index is 15.1. The third kappa shape index (κ3) is 5.01. The van der Waals surface area contributed by atoms with Gasteiger partial charge >= 0.3 is 0 Å². The Bertz CT molecular complexity index is 1150. The number of hydrogen-bond acceptors (Lipinski definition) is 7. The zero-order chi connectivity index (χ0) is 25.3. The van der Waals surface area contributed by atoms with Gasteiger partial charge in [-0.3, -0.25) is 10.2 Å². The molecule has 8 nitrogen and oxygen atoms in total. The van der Waals surface area contributed by atoms with Crippen molar-refractivity contribution in [1.82, 2.24) is 4.90 Å². The SMILES string of the molecule is Br.COc1cc2c(c(F)c1OC)C(=N)N(CC(=O)c1cc(C(C)C)c(OC)c(N3CCOCC3)c1)C2. The van der Waals surface area contributed by atoms with Crippen LogP contribution >= 0.6 is 17.0 Å². The molecule has 1 fully saturated rings. The lowest BCUT2D eigenvalue weighted by Gasteiger charge is -2.31. The fourth-order valence-corrected chi connectivity index (χ4v) is 4.71. The van der Waals surface area contributed by atoms with Crippen molar-refractivity contribution in [2.24, 2.45) is 0 Å². The Labute approximate surface area is 221 Å². The summed E-state index contributed by atoms with van der Waals surface area (Å²) in [5.74, 6) is 0.274. The van der Waals surface area contributed by atoms with Crippen molar-refractivity contribution in [3.05, 3.63) is 46.3 Å². The van der Waals surface area contributed by atoms with Gasteiger partial charge in [0.1, 0.15) is 11.6 Å². The van der Waals surface area contributed by atoms with Crippen LogP contribution in [0.2, 0.25) is 0 Å². The monoisotopic (exact) mass is 565 g/mol. The Morgan fingerprint density at radius 2 is 1.75 bits per heavy atom. The van der Waals surface area contributed by atoms with Crippen LogP contribution in [0.15, 0.2) is 18.2 Å². The van der Waals surface area contributed by atoms with E-state index in [0.717, 1.165) is 17.0 Å². The van der Waals surface area contributed by atoms with Gasteiger partial charge in [-0.2, -0.15) is 0 Å². The summed E-state index contributed by atoms with van der Waals surface area (Å²) >= 11 is 0. The van der Waals surface area contributed by atoms with E-state index in [4.69, 9.17) is 24.4 Å². The van der Waals surface area contributed by atoms with Gasteiger partial charge in [0.25, 0.3) is 0 Å². The summed E-state index contributed by atoms with van der Waals surface area (Å²) in [5.41, 5.74) is 3.08. The van der Waals surface area contributed by atoms with E-state index >= 15 is 4.39 Å². The lowest BCUT2D eigenvalue weighted by atomic mass is 9.96. The lowest BCUT2D eigenvalue weighted by Crippen LogP contribution is -2.37. The van der Waals surface area contributed by atoms with Crippen LogP contribution in [0.25, 0.3) is 0 Å². The highest BCUT2D eigenvalue weighted by Gasteiger charge is 2.33. The highest BCUT2D eigenvalue weighted by atomic mass is 79.9. The van der Waals surface area contributed by atoms with Gasteiger partial charge in [-0.05, 0) is 35.2 Å². The van der Waals surface area contributed by atoms with Gasteiger partial charge in [0.2, 0.25) is 0 Å². The molecule has 2 aliphatic rings. The topological polar surface area (TPSA) is 84.3 Å². The van der Waals surface area contributed by atoms with Gasteiger partial charge in [-0.1, -0.05) is 13.8 Å². The van der Waals surface area contributed by atoms with Crippen molar-refractivity contribution in [1.29, 1.82) is 5.41 Å². The maximum Gasteiger partial charge on any atom is 0.197 e. The molecule has 0 aliphatic carbocycles. The molecule has 4 rings (SSSR count). The van der Waals surface area contributed by atoms with Crippen molar-refractivity contribution < 1.29 is 28.1 Å². The number of ether oxygens (including phenoxy) is 4. The molecule has 2 heterocycles. The number of carbonyl (C=O) groups is 1. The number of halogens is 2. The minimum atomic E-state index is -0.650. The molecular weight excluding hydrogens is 533 g/mol. The molecule has 0 radical (unpaired) electrons. The molecule has 36 heavy (non-hydrogen) atoms. The summed E-state index contributed by atoms with van der Waals surface area (Å²) in [6.07, 6.45) is 0. The predicted molar refractivity (Wildman–Crippen MR) is 142 cm³/mol. The third-order valence-corrected chi connectivity index (χ3v) is 6.54. The van der Waals surface area contributed by atoms with Crippen molar-refractivity contribution in [3.8, 4) is 17.2 Å². The molecule has 0 saturated carbocycles. The summed E-state index contributed by atoms with van der Waals surface area (Å²) in [5, 5.41) is 8.56. The van der Waals surface area contributed by atoms with Crippen LogP contribution in [0.3, 0.4) is 0 Å². The van der Waals surface area contributed by atoms with Crippen molar-refractivity contribution in [3.63, 3.8) is 0 Å². The van der Waals surface area contributed by atoms with Crippen molar-refractivity contribution in [2.75, 3.05) is 59.1 Å². The Hall–Kier alpha value is -2.85. The molecule has 0 spiro atoms. The molecule has 2 aliphatic heterocycles. The van der Waals surface area contributed by atoms with Crippen LogP contribution < -0.4 is 19.1 Å². The van der Waals surface area contributed by atoms with E-state index in [0.29, 0.717) is 37.4 Å². The first-order valence-electron chi connectivity index (χ1n) is 11.7. The molecule has 196 valence electrons. The van der Waals surface area contributed by atoms with Gasteiger partial charge in [0, 0.05) is 25.2 Å². The van der Waals surface area contributed by atoms with Gasteiger partial charge in [-0.25, -0.2) is 4.39 Å². The molecule has 2 aromatic carbocycles. The molecule has 2 aromatic rings. The van der Waals surface area contributed by atoms with Crippen LogP contribution in [-0.4, -0.2) is 70.7 Å². The summed E-state index contributed by atoms with van der Waals surface area (Å²) in [6, 6.07) is 5.39. The zero-order valence-corrected chi connectivity index (χ0v) is 23.0. The fourth-order valence-electron chi connectivity index (χ4n) is 4.71. The van der Waals surface area contributed by atoms with E-state index in [1.54, 1.807) is 18.1 Å². The van der Waals surface area contributed by atoms with Crippen molar-refractivity contribution in [2.45, 2.75) is 26.3 Å². The summed E-state index contributed by atoms with van der Waals surface area (Å²) in [4.78, 5) is 17.2. The van der Waals surface area contributed by atoms with Gasteiger partial charge < -0.3 is 28.7 Å². The summed E-state index contributed by atoms with van der Waals surface area (Å²) < 4.78 is 36.8. The molecule has 10 heteroatoms. The lowest BCUT2D eigenvalue weighted by molar-refractivity contribution is 0.0962. The quantitative estimate of drug-likeness (QED) is 0.474. The number of Topliss-reactive ketones (excluding diaryl/α,β-unsaturated/α-hetero) is 1.